The van der Waals surface area contributed by atoms with Crippen molar-refractivity contribution < 1.29 is 13.9 Å². The van der Waals surface area contributed by atoms with Crippen molar-refractivity contribution in [2.45, 2.75) is 0 Å². The molecule has 8 heteroatoms. The Kier molecular flexibility index (Phi) is 4.06. The summed E-state index contributed by atoms with van der Waals surface area (Å²) in [7, 11) is 0. The molecule has 132 valence electrons. The van der Waals surface area contributed by atoms with Gasteiger partial charge in [0.2, 0.25) is 11.1 Å². The Balaban J connectivity index is 1.62. The maximum atomic E-state index is 12.1. The van der Waals surface area contributed by atoms with Gasteiger partial charge in [0.1, 0.15) is 11.5 Å². The number of H-pyrrole nitrogens is 1. The van der Waals surface area contributed by atoms with E-state index in [2.05, 4.69) is 15.0 Å². The lowest BCUT2D eigenvalue weighted by Gasteiger charge is -2.06. The molecule has 0 spiro atoms. The number of nitrogens with zero attached hydrogens (tertiary/aromatic N) is 2. The van der Waals surface area contributed by atoms with E-state index in [1.807, 2.05) is 0 Å². The highest BCUT2D eigenvalue weighted by atomic mass is 16.5. The zero-order valence-electron chi connectivity index (χ0n) is 13.7. The number of benzene rings is 1. The third-order valence-corrected chi connectivity index (χ3v) is 3.72. The van der Waals surface area contributed by atoms with Gasteiger partial charge >= 0.3 is 5.97 Å². The van der Waals surface area contributed by atoms with Gasteiger partial charge in [-0.1, -0.05) is 0 Å². The highest BCUT2D eigenvalue weighted by Crippen LogP contribution is 2.23. The van der Waals surface area contributed by atoms with E-state index in [0.29, 0.717) is 16.9 Å². The van der Waals surface area contributed by atoms with E-state index in [-0.39, 0.29) is 17.0 Å². The van der Waals surface area contributed by atoms with Crippen molar-refractivity contribution in [3.63, 3.8) is 0 Å². The number of pyridine rings is 1. The predicted molar refractivity (Wildman–Crippen MR) is 95.5 cm³/mol. The lowest BCUT2D eigenvalue weighted by atomic mass is 10.1. The summed E-state index contributed by atoms with van der Waals surface area (Å²) in [5.74, 6) is 0.0802. The van der Waals surface area contributed by atoms with Crippen molar-refractivity contribution in [2.75, 3.05) is 0 Å². The minimum atomic E-state index is -0.527. The van der Waals surface area contributed by atoms with Crippen LogP contribution < -0.4 is 15.7 Å². The smallest absolute Gasteiger partial charge is 0.345 e. The van der Waals surface area contributed by atoms with Crippen molar-refractivity contribution in [3.8, 4) is 17.1 Å². The molecular weight excluding hydrogens is 350 g/mol. The van der Waals surface area contributed by atoms with Gasteiger partial charge in [-0.3, -0.25) is 14.6 Å². The summed E-state index contributed by atoms with van der Waals surface area (Å²) in [5, 5.41) is 0. The molecule has 4 aromatic rings. The average molecular weight is 361 g/mol. The molecule has 27 heavy (non-hydrogen) atoms. The minimum Gasteiger partial charge on any atom is -0.436 e. The Morgan fingerprint density at radius 2 is 1.89 bits per heavy atom. The topological polar surface area (TPSA) is 115 Å². The molecule has 1 aromatic carbocycles. The van der Waals surface area contributed by atoms with Crippen molar-refractivity contribution in [2.24, 2.45) is 0 Å². The van der Waals surface area contributed by atoms with Crippen molar-refractivity contribution in [1.29, 1.82) is 0 Å². The standard InChI is InChI=1S/C19H11N3O5/c23-14-8-15(27-18-17(14)22-16(24)10-21-18)11-3-5-13(6-4-11)26-19(25)12-2-1-7-20-9-12/h1-10H,(H,22,24). The highest BCUT2D eigenvalue weighted by molar-refractivity contribution is 5.90. The molecule has 0 aliphatic heterocycles. The van der Waals surface area contributed by atoms with Gasteiger partial charge in [0, 0.05) is 24.0 Å². The third kappa shape index (κ3) is 3.36. The van der Waals surface area contributed by atoms with Crippen molar-refractivity contribution in [1.82, 2.24) is 15.0 Å². The molecule has 0 unspecified atom stereocenters. The Bertz CT molecular complexity index is 1240. The van der Waals surface area contributed by atoms with Gasteiger partial charge in [0.25, 0.3) is 5.56 Å². The van der Waals surface area contributed by atoms with Gasteiger partial charge in [0.05, 0.1) is 11.8 Å². The molecule has 4 rings (SSSR count). The van der Waals surface area contributed by atoms with E-state index in [1.54, 1.807) is 42.6 Å². The summed E-state index contributed by atoms with van der Waals surface area (Å²) in [6.45, 7) is 0. The Labute approximate surface area is 151 Å². The quantitative estimate of drug-likeness (QED) is 0.439. The summed E-state index contributed by atoms with van der Waals surface area (Å²) in [6.07, 6.45) is 4.02. The van der Waals surface area contributed by atoms with Crippen molar-refractivity contribution in [3.05, 3.63) is 87.2 Å². The van der Waals surface area contributed by atoms with Crippen LogP contribution in [-0.4, -0.2) is 20.9 Å². The maximum Gasteiger partial charge on any atom is 0.345 e. The number of nitrogens with one attached hydrogen (secondary N) is 1. The van der Waals surface area contributed by atoms with Crippen LogP contribution in [0.3, 0.4) is 0 Å². The lowest BCUT2D eigenvalue weighted by Crippen LogP contribution is -2.12. The second kappa shape index (κ2) is 6.68. The molecule has 0 radical (unpaired) electrons. The molecule has 8 nitrogen and oxygen atoms in total. The molecule has 0 aliphatic rings. The molecule has 3 aromatic heterocycles. The molecule has 3 heterocycles. The van der Waals surface area contributed by atoms with Crippen molar-refractivity contribution >= 4 is 17.2 Å². The van der Waals surface area contributed by atoms with Crippen LogP contribution in [0.5, 0.6) is 5.75 Å². The monoisotopic (exact) mass is 361 g/mol. The fourth-order valence-electron chi connectivity index (χ4n) is 2.44. The minimum absolute atomic E-state index is 0.00766. The predicted octanol–water partition coefficient (Wildman–Crippen LogP) is 2.16. The molecule has 0 saturated heterocycles. The summed E-state index contributed by atoms with van der Waals surface area (Å²) in [4.78, 5) is 45.5. The molecule has 0 amide bonds. The second-order valence-electron chi connectivity index (χ2n) is 5.56. The van der Waals surface area contributed by atoms with Crippen LogP contribution in [0.2, 0.25) is 0 Å². The Morgan fingerprint density at radius 3 is 2.63 bits per heavy atom. The van der Waals surface area contributed by atoms with Gasteiger partial charge in [-0.25, -0.2) is 9.78 Å². The highest BCUT2D eigenvalue weighted by Gasteiger charge is 2.11. The number of aromatic nitrogens is 3. The molecule has 0 bridgehead atoms. The number of rotatable bonds is 3. The van der Waals surface area contributed by atoms with E-state index in [4.69, 9.17) is 9.15 Å². The van der Waals surface area contributed by atoms with E-state index in [9.17, 15) is 14.4 Å². The third-order valence-electron chi connectivity index (χ3n) is 3.72. The summed E-state index contributed by atoms with van der Waals surface area (Å²) in [5.41, 5.74) is 0.0636. The molecule has 0 fully saturated rings. The number of hydrogen-bond donors (Lipinski definition) is 1. The van der Waals surface area contributed by atoms with Crippen LogP contribution in [-0.2, 0) is 0 Å². The first-order chi connectivity index (χ1) is 13.1. The van der Waals surface area contributed by atoms with E-state index >= 15 is 0 Å². The zero-order chi connectivity index (χ0) is 18.8. The first-order valence-corrected chi connectivity index (χ1v) is 7.86. The average Bonchev–Trinajstić information content (AvgIpc) is 2.69. The van der Waals surface area contributed by atoms with Gasteiger partial charge in [0.15, 0.2) is 5.52 Å². The lowest BCUT2D eigenvalue weighted by molar-refractivity contribution is 0.0734. The molecule has 0 atom stereocenters. The second-order valence-corrected chi connectivity index (χ2v) is 5.56. The number of hydrogen-bond acceptors (Lipinski definition) is 7. The van der Waals surface area contributed by atoms with Gasteiger partial charge in [-0.15, -0.1) is 0 Å². The molecule has 0 aliphatic carbocycles. The van der Waals surface area contributed by atoms with Crippen LogP contribution in [0, 0.1) is 0 Å². The van der Waals surface area contributed by atoms with Crippen LogP contribution >= 0.6 is 0 Å². The fourth-order valence-corrected chi connectivity index (χ4v) is 2.44. The Hall–Kier alpha value is -4.07. The molecule has 1 N–H and O–H groups in total. The van der Waals surface area contributed by atoms with Gasteiger partial charge < -0.3 is 14.1 Å². The largest absolute Gasteiger partial charge is 0.436 e. The van der Waals surface area contributed by atoms with Crippen LogP contribution in [0.4, 0.5) is 0 Å². The van der Waals surface area contributed by atoms with E-state index in [0.717, 1.165) is 6.20 Å². The summed E-state index contributed by atoms with van der Waals surface area (Å²) in [6, 6.07) is 10.9. The number of aromatic amines is 1. The number of fused-ring (bicyclic) bond motifs is 1. The summed E-state index contributed by atoms with van der Waals surface area (Å²) < 4.78 is 10.9. The number of esters is 1. The van der Waals surface area contributed by atoms with Gasteiger partial charge in [-0.05, 0) is 36.4 Å². The fraction of sp³-hybridized carbons (Fsp3) is 0. The maximum absolute atomic E-state index is 12.1. The SMILES string of the molecule is O=C(Oc1ccc(-c2cc(=O)c3[nH]c(=O)cnc3o2)cc1)c1cccnc1. The van der Waals surface area contributed by atoms with Gasteiger partial charge in [-0.2, -0.15) is 0 Å². The first-order valence-electron chi connectivity index (χ1n) is 7.86. The number of carbonyl (C=O) groups is 1. The van der Waals surface area contributed by atoms with E-state index in [1.165, 1.54) is 12.3 Å². The Morgan fingerprint density at radius 1 is 1.07 bits per heavy atom. The zero-order valence-corrected chi connectivity index (χ0v) is 13.7. The summed E-state index contributed by atoms with van der Waals surface area (Å²) >= 11 is 0. The van der Waals surface area contributed by atoms with Crippen LogP contribution in [0.25, 0.3) is 22.6 Å². The number of carbonyl (C=O) groups excluding carboxylic acids is 1. The van der Waals surface area contributed by atoms with Crippen LogP contribution in [0.1, 0.15) is 10.4 Å². The number of ether oxygens (including phenoxy) is 1. The molecular formula is C19H11N3O5. The normalized spacial score (nSPS) is 10.7. The first kappa shape index (κ1) is 16.4. The van der Waals surface area contributed by atoms with Crippen LogP contribution in [0.15, 0.2) is 75.1 Å². The van der Waals surface area contributed by atoms with E-state index < -0.39 is 17.0 Å². The molecule has 0 saturated carbocycles.